The number of fused-ring (bicyclic) bond motifs is 3. The van der Waals surface area contributed by atoms with Gasteiger partial charge in [-0.05, 0) is 42.0 Å². The van der Waals surface area contributed by atoms with Crippen molar-refractivity contribution in [3.8, 4) is 0 Å². The second kappa shape index (κ2) is 4.25. The molecule has 1 unspecified atom stereocenters. The van der Waals surface area contributed by atoms with E-state index in [1.165, 1.54) is 20.5 Å². The molecule has 0 bridgehead atoms. The minimum absolute atomic E-state index is 0.0650. The first-order valence-corrected chi connectivity index (χ1v) is 6.93. The lowest BCUT2D eigenvalue weighted by Crippen LogP contribution is -2.21. The molecule has 0 spiro atoms. The molecule has 2 nitrogen and oxygen atoms in total. The molecule has 1 aromatic heterocycles. The summed E-state index contributed by atoms with van der Waals surface area (Å²) in [4.78, 5) is 1.29. The number of hydrogen-bond acceptors (Lipinski definition) is 3. The summed E-state index contributed by atoms with van der Waals surface area (Å²) in [5.41, 5.74) is 8.27. The van der Waals surface area contributed by atoms with Crippen molar-refractivity contribution in [2.45, 2.75) is 19.4 Å². The Bertz CT molecular complexity index is 578. The molecule has 2 aromatic rings. The van der Waals surface area contributed by atoms with Crippen LogP contribution in [0, 0.1) is 6.92 Å². The number of rotatable bonds is 1. The maximum absolute atomic E-state index is 6.21. The van der Waals surface area contributed by atoms with Gasteiger partial charge in [-0.3, -0.25) is 0 Å². The summed E-state index contributed by atoms with van der Waals surface area (Å²) >= 11 is 8.00. The van der Waals surface area contributed by atoms with Gasteiger partial charge in [0.25, 0.3) is 0 Å². The van der Waals surface area contributed by atoms with Gasteiger partial charge in [-0.15, -0.1) is 11.3 Å². The molecule has 0 saturated carbocycles. The van der Waals surface area contributed by atoms with Crippen molar-refractivity contribution in [2.75, 3.05) is 13.2 Å². The molecule has 90 valence electrons. The molecule has 0 amide bonds. The highest BCUT2D eigenvalue weighted by molar-refractivity contribution is 7.19. The molecule has 2 heterocycles. The van der Waals surface area contributed by atoms with Gasteiger partial charge in [0.1, 0.15) is 6.10 Å². The van der Waals surface area contributed by atoms with Crippen molar-refractivity contribution >= 4 is 33.0 Å². The Kier molecular flexibility index (Phi) is 2.87. The highest BCUT2D eigenvalue weighted by atomic mass is 35.5. The number of ether oxygens (including phenoxy) is 1. The second-order valence-electron chi connectivity index (χ2n) is 4.39. The molecule has 4 heteroatoms. The van der Waals surface area contributed by atoms with Crippen LogP contribution in [-0.4, -0.2) is 13.2 Å². The van der Waals surface area contributed by atoms with Gasteiger partial charge in [0.2, 0.25) is 0 Å². The summed E-state index contributed by atoms with van der Waals surface area (Å²) in [6, 6.07) is 4.24. The molecule has 17 heavy (non-hydrogen) atoms. The molecule has 0 radical (unpaired) electrons. The maximum atomic E-state index is 6.21. The highest BCUT2D eigenvalue weighted by Gasteiger charge is 2.24. The zero-order valence-electron chi connectivity index (χ0n) is 9.63. The first-order valence-electron chi connectivity index (χ1n) is 5.74. The van der Waals surface area contributed by atoms with Crippen LogP contribution in [0.2, 0.25) is 5.02 Å². The van der Waals surface area contributed by atoms with Crippen molar-refractivity contribution in [3.63, 3.8) is 0 Å². The number of hydrogen-bond donors (Lipinski definition) is 1. The minimum Gasteiger partial charge on any atom is -0.371 e. The fraction of sp³-hybridized carbons (Fsp3) is 0.385. The van der Waals surface area contributed by atoms with E-state index >= 15 is 0 Å². The molecule has 1 atom stereocenters. The van der Waals surface area contributed by atoms with Crippen LogP contribution in [0.5, 0.6) is 0 Å². The number of aryl methyl sites for hydroxylation is 1. The zero-order chi connectivity index (χ0) is 12.0. The first kappa shape index (κ1) is 11.5. The predicted octanol–water partition coefficient (Wildman–Crippen LogP) is 3.44. The van der Waals surface area contributed by atoms with Crippen LogP contribution >= 0.6 is 22.9 Å². The lowest BCUT2D eigenvalue weighted by Gasteiger charge is -2.21. The van der Waals surface area contributed by atoms with Gasteiger partial charge in [-0.25, -0.2) is 0 Å². The maximum Gasteiger partial charge on any atom is 0.104 e. The fourth-order valence-electron chi connectivity index (χ4n) is 2.36. The molecule has 1 aromatic carbocycles. The van der Waals surface area contributed by atoms with E-state index in [1.807, 2.05) is 6.92 Å². The third kappa shape index (κ3) is 1.78. The number of halogens is 1. The zero-order valence-corrected chi connectivity index (χ0v) is 11.2. The molecule has 0 saturated heterocycles. The minimum atomic E-state index is 0.0650. The van der Waals surface area contributed by atoms with E-state index in [-0.39, 0.29) is 6.10 Å². The summed E-state index contributed by atoms with van der Waals surface area (Å²) in [7, 11) is 0. The standard InChI is InChI=1S/C13H14ClNOS/c1-7-4-12-9(5-10(7)14)8-2-3-16-11(6-15)13(8)17-12/h4-5,11H,2-3,6,15H2,1H3. The Balaban J connectivity index is 2.26. The fourth-order valence-corrected chi connectivity index (χ4v) is 3.92. The van der Waals surface area contributed by atoms with E-state index in [0.717, 1.165) is 23.6 Å². The van der Waals surface area contributed by atoms with Crippen LogP contribution < -0.4 is 5.73 Å². The Morgan fingerprint density at radius 3 is 3.12 bits per heavy atom. The summed E-state index contributed by atoms with van der Waals surface area (Å²) in [6.07, 6.45) is 1.03. The van der Waals surface area contributed by atoms with Crippen LogP contribution in [0.4, 0.5) is 0 Å². The monoisotopic (exact) mass is 267 g/mol. The van der Waals surface area contributed by atoms with E-state index in [4.69, 9.17) is 22.1 Å². The smallest absolute Gasteiger partial charge is 0.104 e. The van der Waals surface area contributed by atoms with Gasteiger partial charge >= 0.3 is 0 Å². The Hall–Kier alpha value is -0.610. The normalized spacial score (nSPS) is 19.6. The van der Waals surface area contributed by atoms with Crippen LogP contribution in [0.15, 0.2) is 12.1 Å². The van der Waals surface area contributed by atoms with E-state index in [9.17, 15) is 0 Å². The number of benzene rings is 1. The Morgan fingerprint density at radius 2 is 2.35 bits per heavy atom. The Labute approximate surface area is 109 Å². The number of thiophene rings is 1. The van der Waals surface area contributed by atoms with Crippen molar-refractivity contribution in [2.24, 2.45) is 5.73 Å². The summed E-state index contributed by atoms with van der Waals surface area (Å²) in [6.45, 7) is 3.34. The molecule has 1 aliphatic heterocycles. The van der Waals surface area contributed by atoms with Crippen LogP contribution in [0.25, 0.3) is 10.1 Å². The average molecular weight is 268 g/mol. The van der Waals surface area contributed by atoms with Gasteiger partial charge in [0.15, 0.2) is 0 Å². The van der Waals surface area contributed by atoms with Gasteiger partial charge in [0, 0.05) is 21.1 Å². The van der Waals surface area contributed by atoms with Crippen molar-refractivity contribution in [1.29, 1.82) is 0 Å². The van der Waals surface area contributed by atoms with E-state index < -0.39 is 0 Å². The van der Waals surface area contributed by atoms with Crippen molar-refractivity contribution in [1.82, 2.24) is 0 Å². The summed E-state index contributed by atoms with van der Waals surface area (Å²) in [5, 5.41) is 2.12. The molecule has 3 rings (SSSR count). The molecular weight excluding hydrogens is 254 g/mol. The highest BCUT2D eigenvalue weighted by Crippen LogP contribution is 2.41. The predicted molar refractivity (Wildman–Crippen MR) is 73.0 cm³/mol. The van der Waals surface area contributed by atoms with Crippen LogP contribution in [0.3, 0.4) is 0 Å². The SMILES string of the molecule is Cc1cc2sc3c(c2cc1Cl)CCOC3CN. The third-order valence-electron chi connectivity index (χ3n) is 3.28. The topological polar surface area (TPSA) is 35.2 Å². The Morgan fingerprint density at radius 1 is 1.53 bits per heavy atom. The molecule has 0 fully saturated rings. The van der Waals surface area contributed by atoms with Gasteiger partial charge in [0.05, 0.1) is 6.61 Å². The lowest BCUT2D eigenvalue weighted by atomic mass is 10.0. The molecule has 1 aliphatic rings. The third-order valence-corrected chi connectivity index (χ3v) is 4.97. The quantitative estimate of drug-likeness (QED) is 0.859. The van der Waals surface area contributed by atoms with Gasteiger partial charge in [-0.2, -0.15) is 0 Å². The average Bonchev–Trinajstić information content (AvgIpc) is 2.67. The number of nitrogens with two attached hydrogens (primary N) is 1. The van der Waals surface area contributed by atoms with Gasteiger partial charge < -0.3 is 10.5 Å². The van der Waals surface area contributed by atoms with E-state index in [1.54, 1.807) is 11.3 Å². The second-order valence-corrected chi connectivity index (χ2v) is 5.88. The first-order chi connectivity index (χ1) is 8.20. The molecule has 0 aliphatic carbocycles. The van der Waals surface area contributed by atoms with E-state index in [2.05, 4.69) is 12.1 Å². The van der Waals surface area contributed by atoms with Crippen LogP contribution in [0.1, 0.15) is 22.1 Å². The molecule has 2 N–H and O–H groups in total. The van der Waals surface area contributed by atoms with Crippen molar-refractivity contribution in [3.05, 3.63) is 33.2 Å². The van der Waals surface area contributed by atoms with Crippen molar-refractivity contribution < 1.29 is 4.74 Å². The van der Waals surface area contributed by atoms with Crippen LogP contribution in [-0.2, 0) is 11.2 Å². The summed E-state index contributed by atoms with van der Waals surface area (Å²) in [5.74, 6) is 0. The van der Waals surface area contributed by atoms with Gasteiger partial charge in [-0.1, -0.05) is 11.6 Å². The lowest BCUT2D eigenvalue weighted by molar-refractivity contribution is 0.0519. The largest absolute Gasteiger partial charge is 0.371 e. The summed E-state index contributed by atoms with van der Waals surface area (Å²) < 4.78 is 6.99. The van der Waals surface area contributed by atoms with E-state index in [0.29, 0.717) is 6.54 Å². The molecular formula is C13H14ClNOS.